The molecule has 1 heterocycles. The van der Waals surface area contributed by atoms with Crippen molar-refractivity contribution in [3.63, 3.8) is 0 Å². The van der Waals surface area contributed by atoms with Gasteiger partial charge in [0, 0.05) is 40.9 Å². The van der Waals surface area contributed by atoms with Crippen LogP contribution in [0.2, 0.25) is 10.0 Å². The highest BCUT2D eigenvalue weighted by atomic mass is 35.5. The van der Waals surface area contributed by atoms with Gasteiger partial charge in [0.2, 0.25) is 5.91 Å². The van der Waals surface area contributed by atoms with Crippen LogP contribution in [0.25, 0.3) is 0 Å². The van der Waals surface area contributed by atoms with E-state index in [9.17, 15) is 18.0 Å². The summed E-state index contributed by atoms with van der Waals surface area (Å²) in [5.41, 5.74) is -0.212. The molecule has 146 valence electrons. The predicted molar refractivity (Wildman–Crippen MR) is 97.8 cm³/mol. The van der Waals surface area contributed by atoms with Gasteiger partial charge in [0.25, 0.3) is 0 Å². The summed E-state index contributed by atoms with van der Waals surface area (Å²) in [6.45, 7) is 5.27. The number of piperazine rings is 1. The third-order valence-electron chi connectivity index (χ3n) is 4.53. The zero-order valence-electron chi connectivity index (χ0n) is 14.8. The SMILES string of the molecule is C[C@H](C(=O)Nc1cc(Cl)cc(Cl)c1)N1CCN(CC(F)(F)F)C(C)(C)C1. The monoisotopic (exact) mass is 411 g/mol. The molecule has 1 saturated heterocycles. The number of hydrogen-bond donors (Lipinski definition) is 1. The van der Waals surface area contributed by atoms with Crippen LogP contribution in [0.3, 0.4) is 0 Å². The fourth-order valence-corrected chi connectivity index (χ4v) is 3.63. The van der Waals surface area contributed by atoms with E-state index in [1.807, 2.05) is 4.90 Å². The average Bonchev–Trinajstić information content (AvgIpc) is 2.46. The fraction of sp³-hybridized carbons (Fsp3) is 0.588. The lowest BCUT2D eigenvalue weighted by atomic mass is 9.97. The largest absolute Gasteiger partial charge is 0.401 e. The summed E-state index contributed by atoms with van der Waals surface area (Å²) in [6.07, 6.45) is -4.24. The molecular formula is C17H22Cl2F3N3O. The molecule has 1 aromatic carbocycles. The maximum atomic E-state index is 12.7. The van der Waals surface area contributed by atoms with Gasteiger partial charge >= 0.3 is 6.18 Å². The second kappa shape index (κ2) is 7.92. The van der Waals surface area contributed by atoms with Gasteiger partial charge in [0.1, 0.15) is 0 Å². The van der Waals surface area contributed by atoms with E-state index in [0.717, 1.165) is 0 Å². The highest BCUT2D eigenvalue weighted by Crippen LogP contribution is 2.28. The van der Waals surface area contributed by atoms with Crippen LogP contribution >= 0.6 is 23.2 Å². The standard InChI is InChI=1S/C17H22Cl2F3N3O/c1-11(15(26)23-14-7-12(18)6-13(19)8-14)24-4-5-25(10-17(20,21)22)16(2,3)9-24/h6-8,11H,4-5,9-10H2,1-3H3,(H,23,26)/t11-/m1/s1. The minimum atomic E-state index is -4.24. The lowest BCUT2D eigenvalue weighted by Gasteiger charge is -2.48. The molecule has 0 spiro atoms. The van der Waals surface area contributed by atoms with Crippen molar-refractivity contribution >= 4 is 34.8 Å². The number of carbonyl (C=O) groups is 1. The number of amides is 1. The van der Waals surface area contributed by atoms with Crippen LogP contribution in [0.5, 0.6) is 0 Å². The van der Waals surface area contributed by atoms with Gasteiger partial charge in [0.05, 0.1) is 12.6 Å². The third kappa shape index (κ3) is 5.74. The van der Waals surface area contributed by atoms with E-state index in [4.69, 9.17) is 23.2 Å². The number of carbonyl (C=O) groups excluding carboxylic acids is 1. The van der Waals surface area contributed by atoms with E-state index in [2.05, 4.69) is 5.32 Å². The van der Waals surface area contributed by atoms with E-state index >= 15 is 0 Å². The summed E-state index contributed by atoms with van der Waals surface area (Å²) in [5.74, 6) is -0.261. The molecule has 4 nitrogen and oxygen atoms in total. The summed E-state index contributed by atoms with van der Waals surface area (Å²) < 4.78 is 38.2. The van der Waals surface area contributed by atoms with Gasteiger partial charge in [-0.3, -0.25) is 14.6 Å². The first kappa shape index (κ1) is 21.3. The van der Waals surface area contributed by atoms with E-state index in [0.29, 0.717) is 28.8 Å². The third-order valence-corrected chi connectivity index (χ3v) is 4.97. The van der Waals surface area contributed by atoms with Gasteiger partial charge in [-0.1, -0.05) is 23.2 Å². The maximum Gasteiger partial charge on any atom is 0.401 e. The Labute approximate surface area is 161 Å². The second-order valence-electron chi connectivity index (χ2n) is 7.14. The molecule has 1 fully saturated rings. The summed E-state index contributed by atoms with van der Waals surface area (Å²) in [6, 6.07) is 4.23. The van der Waals surface area contributed by atoms with Gasteiger partial charge in [-0.2, -0.15) is 13.2 Å². The molecular weight excluding hydrogens is 390 g/mol. The number of benzene rings is 1. The number of alkyl halides is 3. The minimum Gasteiger partial charge on any atom is -0.325 e. The molecule has 0 aromatic heterocycles. The van der Waals surface area contributed by atoms with Gasteiger partial charge in [-0.25, -0.2) is 0 Å². The molecule has 0 saturated carbocycles. The van der Waals surface area contributed by atoms with Gasteiger partial charge in [-0.05, 0) is 39.0 Å². The van der Waals surface area contributed by atoms with Crippen LogP contribution in [-0.2, 0) is 4.79 Å². The van der Waals surface area contributed by atoms with Gasteiger partial charge in [0.15, 0.2) is 0 Å². The first-order valence-corrected chi connectivity index (χ1v) is 8.96. The van der Waals surface area contributed by atoms with Crippen molar-refractivity contribution in [1.29, 1.82) is 0 Å². The highest BCUT2D eigenvalue weighted by Gasteiger charge is 2.42. The molecule has 0 unspecified atom stereocenters. The molecule has 1 atom stereocenters. The van der Waals surface area contributed by atoms with Crippen molar-refractivity contribution in [3.05, 3.63) is 28.2 Å². The number of nitrogens with zero attached hydrogens (tertiary/aromatic N) is 2. The van der Waals surface area contributed by atoms with Crippen LogP contribution in [-0.4, -0.2) is 59.6 Å². The van der Waals surface area contributed by atoms with Crippen molar-refractivity contribution in [3.8, 4) is 0 Å². The molecule has 1 aliphatic heterocycles. The van der Waals surface area contributed by atoms with Crippen LogP contribution in [0, 0.1) is 0 Å². The van der Waals surface area contributed by atoms with Crippen LogP contribution in [0.4, 0.5) is 18.9 Å². The van der Waals surface area contributed by atoms with Crippen molar-refractivity contribution in [2.45, 2.75) is 38.5 Å². The molecule has 0 bridgehead atoms. The molecule has 1 aliphatic rings. The molecule has 1 amide bonds. The van der Waals surface area contributed by atoms with Crippen molar-refractivity contribution in [2.24, 2.45) is 0 Å². The number of nitrogens with one attached hydrogen (secondary N) is 1. The smallest absolute Gasteiger partial charge is 0.325 e. The zero-order valence-corrected chi connectivity index (χ0v) is 16.3. The molecule has 1 N–H and O–H groups in total. The second-order valence-corrected chi connectivity index (χ2v) is 8.02. The first-order chi connectivity index (χ1) is 11.9. The molecule has 0 radical (unpaired) electrons. The van der Waals surface area contributed by atoms with Crippen LogP contribution in [0.1, 0.15) is 20.8 Å². The van der Waals surface area contributed by atoms with Gasteiger partial charge in [-0.15, -0.1) is 0 Å². The lowest BCUT2D eigenvalue weighted by molar-refractivity contribution is -0.166. The fourth-order valence-electron chi connectivity index (χ4n) is 3.11. The predicted octanol–water partition coefficient (Wildman–Crippen LogP) is 4.28. The number of anilines is 1. The van der Waals surface area contributed by atoms with E-state index in [1.54, 1.807) is 39.0 Å². The van der Waals surface area contributed by atoms with E-state index in [-0.39, 0.29) is 12.5 Å². The number of rotatable bonds is 4. The lowest BCUT2D eigenvalue weighted by Crippen LogP contribution is -2.63. The quantitative estimate of drug-likeness (QED) is 0.802. The Balaban J connectivity index is 2.01. The molecule has 9 heteroatoms. The summed E-state index contributed by atoms with van der Waals surface area (Å²) in [5, 5.41) is 3.56. The molecule has 26 heavy (non-hydrogen) atoms. The normalized spacial score (nSPS) is 20.0. The van der Waals surface area contributed by atoms with E-state index in [1.165, 1.54) is 4.90 Å². The number of halogens is 5. The minimum absolute atomic E-state index is 0.243. The van der Waals surface area contributed by atoms with Crippen molar-refractivity contribution < 1.29 is 18.0 Å². The molecule has 0 aliphatic carbocycles. The summed E-state index contributed by atoms with van der Waals surface area (Å²) in [7, 11) is 0. The number of hydrogen-bond acceptors (Lipinski definition) is 3. The van der Waals surface area contributed by atoms with Crippen LogP contribution < -0.4 is 5.32 Å². The Morgan fingerprint density at radius 2 is 1.81 bits per heavy atom. The Hall–Kier alpha value is -1.02. The highest BCUT2D eigenvalue weighted by molar-refractivity contribution is 6.35. The van der Waals surface area contributed by atoms with Gasteiger partial charge < -0.3 is 5.32 Å². The molecule has 1 aromatic rings. The summed E-state index contributed by atoms with van der Waals surface area (Å²) >= 11 is 11.8. The van der Waals surface area contributed by atoms with Crippen molar-refractivity contribution in [1.82, 2.24) is 9.80 Å². The summed E-state index contributed by atoms with van der Waals surface area (Å²) in [4.78, 5) is 15.8. The Morgan fingerprint density at radius 1 is 1.23 bits per heavy atom. The average molecular weight is 412 g/mol. The zero-order chi connectivity index (χ0) is 19.7. The Kier molecular flexibility index (Phi) is 6.48. The van der Waals surface area contributed by atoms with E-state index < -0.39 is 24.3 Å². The maximum absolute atomic E-state index is 12.7. The molecule has 2 rings (SSSR count). The Morgan fingerprint density at radius 3 is 2.31 bits per heavy atom. The van der Waals surface area contributed by atoms with Crippen molar-refractivity contribution in [2.75, 3.05) is 31.5 Å². The Bertz CT molecular complexity index is 647. The first-order valence-electron chi connectivity index (χ1n) is 8.20. The topological polar surface area (TPSA) is 35.6 Å². The van der Waals surface area contributed by atoms with Crippen LogP contribution in [0.15, 0.2) is 18.2 Å².